The molecule has 0 fully saturated rings. The lowest BCUT2D eigenvalue weighted by Gasteiger charge is -2.04. The van der Waals surface area contributed by atoms with Crippen LogP contribution in [0, 0.1) is 0 Å². The third-order valence-corrected chi connectivity index (χ3v) is 3.15. The predicted octanol–water partition coefficient (Wildman–Crippen LogP) is 0.379. The molecule has 0 aliphatic rings. The van der Waals surface area contributed by atoms with Crippen LogP contribution in [-0.2, 0) is 7.05 Å². The maximum absolute atomic E-state index is 4.35. The Kier molecular flexibility index (Phi) is 3.29. The fourth-order valence-electron chi connectivity index (χ4n) is 1.47. The molecule has 0 aliphatic carbocycles. The highest BCUT2D eigenvalue weighted by atomic mass is 32.2. The van der Waals surface area contributed by atoms with Crippen LogP contribution < -0.4 is 5.32 Å². The molecule has 0 aromatic carbocycles. The van der Waals surface area contributed by atoms with Crippen molar-refractivity contribution in [2.24, 2.45) is 7.05 Å². The molecule has 1 N–H and O–H groups in total. The van der Waals surface area contributed by atoms with Crippen molar-refractivity contribution in [1.82, 2.24) is 39.5 Å². The molecule has 102 valence electrons. The molecule has 0 radical (unpaired) electrons. The first-order valence-electron chi connectivity index (χ1n) is 5.70. The number of anilines is 1. The van der Waals surface area contributed by atoms with E-state index in [1.165, 1.54) is 29.1 Å². The molecule has 0 unspecified atom stereocenters. The monoisotopic (exact) mass is 289 g/mol. The molecule has 0 amide bonds. The quantitative estimate of drug-likeness (QED) is 0.736. The molecule has 0 saturated carbocycles. The highest BCUT2D eigenvalue weighted by Gasteiger charge is 2.10. The maximum Gasteiger partial charge on any atom is 0.257 e. The van der Waals surface area contributed by atoms with Crippen molar-refractivity contribution in [3.63, 3.8) is 0 Å². The lowest BCUT2D eigenvalue weighted by molar-refractivity contribution is 0.760. The van der Waals surface area contributed by atoms with Gasteiger partial charge in [0.1, 0.15) is 12.7 Å². The second kappa shape index (κ2) is 5.25. The Morgan fingerprint density at radius 3 is 2.75 bits per heavy atom. The summed E-state index contributed by atoms with van der Waals surface area (Å²) in [5.74, 6) is 0.880. The number of hydrogen-bond donors (Lipinski definition) is 1. The first kappa shape index (κ1) is 12.5. The molecule has 9 nitrogen and oxygen atoms in total. The number of aromatic nitrogens is 8. The van der Waals surface area contributed by atoms with Gasteiger partial charge in [-0.2, -0.15) is 29.8 Å². The molecular weight excluding hydrogens is 278 g/mol. The van der Waals surface area contributed by atoms with Crippen molar-refractivity contribution in [3.05, 3.63) is 25.0 Å². The molecule has 3 aromatic heterocycles. The van der Waals surface area contributed by atoms with Crippen molar-refractivity contribution in [3.8, 4) is 5.95 Å². The minimum absolute atomic E-state index is 0.410. The summed E-state index contributed by atoms with van der Waals surface area (Å²) in [6.07, 6.45) is 6.61. The van der Waals surface area contributed by atoms with E-state index in [2.05, 4.69) is 35.5 Å². The van der Waals surface area contributed by atoms with Gasteiger partial charge in [0, 0.05) is 20.3 Å². The number of aryl methyl sites for hydroxylation is 1. The van der Waals surface area contributed by atoms with Gasteiger partial charge in [-0.05, 0) is 11.8 Å². The fraction of sp³-hybridized carbons (Fsp3) is 0.200. The standard InChI is InChI=1S/C10H11N9S/c1-11-8-15-9(19-6-12-5-14-19)17-10(16-8)20-7-3-13-18(2)4-7/h3-6H,1-2H3,(H,11,15,16,17). The van der Waals surface area contributed by atoms with Crippen LogP contribution in [0.3, 0.4) is 0 Å². The second-order valence-electron chi connectivity index (χ2n) is 3.78. The first-order valence-corrected chi connectivity index (χ1v) is 6.51. The Hall–Kier alpha value is -2.49. The summed E-state index contributed by atoms with van der Waals surface area (Å²) < 4.78 is 3.21. The van der Waals surface area contributed by atoms with Gasteiger partial charge in [-0.25, -0.2) is 4.98 Å². The molecule has 3 heterocycles. The largest absolute Gasteiger partial charge is 0.357 e. The molecule has 20 heavy (non-hydrogen) atoms. The molecule has 0 atom stereocenters. The van der Waals surface area contributed by atoms with Crippen molar-refractivity contribution >= 4 is 17.7 Å². The number of nitrogens with zero attached hydrogens (tertiary/aromatic N) is 8. The maximum atomic E-state index is 4.35. The summed E-state index contributed by atoms with van der Waals surface area (Å²) in [4.78, 5) is 17.7. The summed E-state index contributed by atoms with van der Waals surface area (Å²) in [5.41, 5.74) is 0. The zero-order valence-corrected chi connectivity index (χ0v) is 11.6. The van der Waals surface area contributed by atoms with Crippen LogP contribution in [0.5, 0.6) is 0 Å². The average molecular weight is 289 g/mol. The van der Waals surface area contributed by atoms with E-state index in [-0.39, 0.29) is 0 Å². The van der Waals surface area contributed by atoms with E-state index in [4.69, 9.17) is 0 Å². The zero-order chi connectivity index (χ0) is 13.9. The number of nitrogens with one attached hydrogen (secondary N) is 1. The molecule has 10 heteroatoms. The van der Waals surface area contributed by atoms with Crippen LogP contribution in [0.1, 0.15) is 0 Å². The lowest BCUT2D eigenvalue weighted by Crippen LogP contribution is -2.07. The molecule has 0 aliphatic heterocycles. The summed E-state index contributed by atoms with van der Waals surface area (Å²) >= 11 is 1.40. The van der Waals surface area contributed by atoms with Gasteiger partial charge in [0.05, 0.1) is 11.1 Å². The predicted molar refractivity (Wildman–Crippen MR) is 71.6 cm³/mol. The van der Waals surface area contributed by atoms with Gasteiger partial charge in [-0.1, -0.05) is 0 Å². The number of rotatable bonds is 4. The molecular formula is C10H11N9S. The Bertz CT molecular complexity index is 705. The van der Waals surface area contributed by atoms with E-state index >= 15 is 0 Å². The molecule has 3 rings (SSSR count). The van der Waals surface area contributed by atoms with Gasteiger partial charge >= 0.3 is 0 Å². The van der Waals surface area contributed by atoms with E-state index in [1.807, 2.05) is 13.2 Å². The van der Waals surface area contributed by atoms with Crippen molar-refractivity contribution in [1.29, 1.82) is 0 Å². The lowest BCUT2D eigenvalue weighted by atomic mass is 10.7. The molecule has 0 spiro atoms. The van der Waals surface area contributed by atoms with Crippen LogP contribution in [0.2, 0.25) is 0 Å². The highest BCUT2D eigenvalue weighted by molar-refractivity contribution is 7.99. The fourth-order valence-corrected chi connectivity index (χ4v) is 2.25. The minimum atomic E-state index is 0.410. The van der Waals surface area contributed by atoms with E-state index < -0.39 is 0 Å². The molecule has 0 saturated heterocycles. The average Bonchev–Trinajstić information content (AvgIpc) is 3.10. The van der Waals surface area contributed by atoms with Gasteiger partial charge in [-0.15, -0.1) is 0 Å². The Morgan fingerprint density at radius 1 is 1.20 bits per heavy atom. The second-order valence-corrected chi connectivity index (χ2v) is 4.82. The topological polar surface area (TPSA) is 99.2 Å². The van der Waals surface area contributed by atoms with Crippen LogP contribution in [0.4, 0.5) is 5.95 Å². The Morgan fingerprint density at radius 2 is 2.10 bits per heavy atom. The van der Waals surface area contributed by atoms with Gasteiger partial charge < -0.3 is 5.32 Å². The van der Waals surface area contributed by atoms with E-state index in [9.17, 15) is 0 Å². The van der Waals surface area contributed by atoms with E-state index in [0.717, 1.165) is 4.90 Å². The third-order valence-electron chi connectivity index (χ3n) is 2.34. The van der Waals surface area contributed by atoms with Crippen LogP contribution >= 0.6 is 11.8 Å². The van der Waals surface area contributed by atoms with Crippen molar-refractivity contribution in [2.45, 2.75) is 10.1 Å². The van der Waals surface area contributed by atoms with Crippen LogP contribution in [-0.4, -0.2) is 46.5 Å². The van der Waals surface area contributed by atoms with Gasteiger partial charge in [-0.3, -0.25) is 4.68 Å². The summed E-state index contributed by atoms with van der Waals surface area (Å²) in [5, 5.41) is 11.6. The van der Waals surface area contributed by atoms with Crippen molar-refractivity contribution in [2.75, 3.05) is 12.4 Å². The normalized spacial score (nSPS) is 10.7. The van der Waals surface area contributed by atoms with Gasteiger partial charge in [0.25, 0.3) is 5.95 Å². The van der Waals surface area contributed by atoms with E-state index in [0.29, 0.717) is 17.1 Å². The van der Waals surface area contributed by atoms with Crippen LogP contribution in [0.25, 0.3) is 5.95 Å². The minimum Gasteiger partial charge on any atom is -0.357 e. The Balaban J connectivity index is 1.96. The molecule has 3 aromatic rings. The summed E-state index contributed by atoms with van der Waals surface area (Å²) in [7, 11) is 3.61. The van der Waals surface area contributed by atoms with Crippen molar-refractivity contribution < 1.29 is 0 Å². The molecule has 0 bridgehead atoms. The van der Waals surface area contributed by atoms with Crippen LogP contribution in [0.15, 0.2) is 35.1 Å². The first-order chi connectivity index (χ1) is 9.74. The van der Waals surface area contributed by atoms with E-state index in [1.54, 1.807) is 17.9 Å². The smallest absolute Gasteiger partial charge is 0.257 e. The summed E-state index contributed by atoms with van der Waals surface area (Å²) in [6, 6.07) is 0. The highest BCUT2D eigenvalue weighted by Crippen LogP contribution is 2.24. The zero-order valence-electron chi connectivity index (χ0n) is 10.8. The number of hydrogen-bond acceptors (Lipinski definition) is 8. The third kappa shape index (κ3) is 2.59. The Labute approximate surface area is 118 Å². The summed E-state index contributed by atoms with van der Waals surface area (Å²) in [6.45, 7) is 0. The van der Waals surface area contributed by atoms with Gasteiger partial charge in [0.2, 0.25) is 5.95 Å². The van der Waals surface area contributed by atoms with Gasteiger partial charge in [0.15, 0.2) is 5.16 Å². The SMILES string of the molecule is CNc1nc(Sc2cnn(C)c2)nc(-n2cncn2)n1.